The zero-order valence-corrected chi connectivity index (χ0v) is 28.3. The Morgan fingerprint density at radius 1 is 0.600 bits per heavy atom. The van der Waals surface area contributed by atoms with Gasteiger partial charge in [-0.15, -0.1) is 11.8 Å². The number of amides is 3. The molecule has 8 heteroatoms. The van der Waals surface area contributed by atoms with Crippen molar-refractivity contribution in [3.8, 4) is 11.1 Å². The summed E-state index contributed by atoms with van der Waals surface area (Å²) in [5.41, 5.74) is 5.36. The molecular formula is C42H32ClN3O3S. The second kappa shape index (κ2) is 16.5. The molecule has 0 radical (unpaired) electrons. The van der Waals surface area contributed by atoms with E-state index in [0.29, 0.717) is 22.0 Å². The van der Waals surface area contributed by atoms with E-state index in [1.165, 1.54) is 11.8 Å². The number of benzene rings is 6. The third kappa shape index (κ3) is 9.17. The van der Waals surface area contributed by atoms with Crippen LogP contribution in [0, 0.1) is 0 Å². The summed E-state index contributed by atoms with van der Waals surface area (Å²) in [6.45, 7) is 0. The third-order valence-corrected chi connectivity index (χ3v) is 9.16. The van der Waals surface area contributed by atoms with E-state index < -0.39 is 17.1 Å². The predicted octanol–water partition coefficient (Wildman–Crippen LogP) is 9.89. The maximum atomic E-state index is 13.6. The molecule has 0 aliphatic heterocycles. The van der Waals surface area contributed by atoms with E-state index in [0.717, 1.165) is 27.1 Å². The number of anilines is 2. The van der Waals surface area contributed by atoms with Crippen LogP contribution in [-0.2, 0) is 9.59 Å². The molecule has 0 bridgehead atoms. The SMILES string of the molecule is O=C(Nc1ccc(SC(C(=O)Nc2cccc(Cl)c2)c2ccccc2)cc1)/C(=C/c1ccc(-c2ccccc2)cc1)NC(=O)c1ccccc1. The lowest BCUT2D eigenvalue weighted by atomic mass is 10.0. The number of thioether (sulfide) groups is 1. The Kier molecular flexibility index (Phi) is 11.2. The highest BCUT2D eigenvalue weighted by molar-refractivity contribution is 8.00. The van der Waals surface area contributed by atoms with Gasteiger partial charge in [-0.25, -0.2) is 0 Å². The van der Waals surface area contributed by atoms with E-state index in [9.17, 15) is 14.4 Å². The highest BCUT2D eigenvalue weighted by Gasteiger charge is 2.23. The number of hydrogen-bond donors (Lipinski definition) is 3. The van der Waals surface area contributed by atoms with E-state index >= 15 is 0 Å². The summed E-state index contributed by atoms with van der Waals surface area (Å²) in [6, 6.07) is 50.3. The number of carbonyl (C=O) groups excluding carboxylic acids is 3. The van der Waals surface area contributed by atoms with Crippen molar-refractivity contribution in [2.75, 3.05) is 10.6 Å². The number of nitrogens with one attached hydrogen (secondary N) is 3. The number of carbonyl (C=O) groups is 3. The zero-order valence-electron chi connectivity index (χ0n) is 26.8. The molecule has 0 aromatic heterocycles. The van der Waals surface area contributed by atoms with Crippen molar-refractivity contribution in [3.05, 3.63) is 191 Å². The summed E-state index contributed by atoms with van der Waals surface area (Å²) < 4.78 is 0. The maximum absolute atomic E-state index is 13.6. The predicted molar refractivity (Wildman–Crippen MR) is 204 cm³/mol. The Hall–Kier alpha value is -5.89. The van der Waals surface area contributed by atoms with Gasteiger partial charge in [0.2, 0.25) is 5.91 Å². The van der Waals surface area contributed by atoms with E-state index in [1.807, 2.05) is 103 Å². The summed E-state index contributed by atoms with van der Waals surface area (Å²) >= 11 is 7.52. The lowest BCUT2D eigenvalue weighted by Crippen LogP contribution is -2.30. The van der Waals surface area contributed by atoms with E-state index in [-0.39, 0.29) is 11.6 Å². The number of rotatable bonds is 11. The van der Waals surface area contributed by atoms with Gasteiger partial charge in [0.05, 0.1) is 0 Å². The lowest BCUT2D eigenvalue weighted by molar-refractivity contribution is -0.116. The Morgan fingerprint density at radius 3 is 1.88 bits per heavy atom. The minimum Gasteiger partial charge on any atom is -0.325 e. The summed E-state index contributed by atoms with van der Waals surface area (Å²) in [5, 5.41) is 8.65. The fraction of sp³-hybridized carbons (Fsp3) is 0.0238. The Balaban J connectivity index is 1.19. The van der Waals surface area contributed by atoms with Crippen LogP contribution in [0.1, 0.15) is 26.7 Å². The average Bonchev–Trinajstić information content (AvgIpc) is 3.15. The van der Waals surface area contributed by atoms with Crippen molar-refractivity contribution < 1.29 is 14.4 Å². The van der Waals surface area contributed by atoms with Crippen molar-refractivity contribution >= 4 is 58.5 Å². The number of halogens is 1. The molecule has 50 heavy (non-hydrogen) atoms. The summed E-state index contributed by atoms with van der Waals surface area (Å²) in [5.74, 6) is -1.07. The van der Waals surface area contributed by atoms with E-state index in [2.05, 4.69) is 16.0 Å². The van der Waals surface area contributed by atoms with E-state index in [4.69, 9.17) is 11.6 Å². The Labute approximate surface area is 300 Å². The molecule has 6 aromatic rings. The van der Waals surface area contributed by atoms with Crippen molar-refractivity contribution in [2.24, 2.45) is 0 Å². The van der Waals surface area contributed by atoms with Gasteiger partial charge in [-0.2, -0.15) is 0 Å². The Morgan fingerprint density at radius 2 is 1.22 bits per heavy atom. The lowest BCUT2D eigenvalue weighted by Gasteiger charge is -2.18. The second-order valence-corrected chi connectivity index (χ2v) is 12.9. The molecule has 0 heterocycles. The van der Waals surface area contributed by atoms with Crippen LogP contribution in [0.5, 0.6) is 0 Å². The molecule has 3 amide bonds. The fourth-order valence-corrected chi connectivity index (χ4v) is 6.35. The molecule has 0 aliphatic rings. The monoisotopic (exact) mass is 693 g/mol. The molecule has 0 spiro atoms. The fourth-order valence-electron chi connectivity index (χ4n) is 5.14. The van der Waals surface area contributed by atoms with Gasteiger partial charge in [-0.1, -0.05) is 121 Å². The summed E-state index contributed by atoms with van der Waals surface area (Å²) in [4.78, 5) is 41.1. The first-order chi connectivity index (χ1) is 24.4. The second-order valence-electron chi connectivity index (χ2n) is 11.3. The Bertz CT molecular complexity index is 2110. The van der Waals surface area contributed by atoms with Gasteiger partial charge in [0.25, 0.3) is 11.8 Å². The minimum atomic E-state index is -0.549. The average molecular weight is 694 g/mol. The van der Waals surface area contributed by atoms with Crippen LogP contribution in [-0.4, -0.2) is 17.7 Å². The normalized spacial score (nSPS) is 11.7. The first kappa shape index (κ1) is 34.0. The van der Waals surface area contributed by atoms with Crippen LogP contribution in [0.3, 0.4) is 0 Å². The molecule has 0 saturated carbocycles. The highest BCUT2D eigenvalue weighted by Crippen LogP contribution is 2.37. The van der Waals surface area contributed by atoms with Crippen LogP contribution in [0.2, 0.25) is 5.02 Å². The zero-order chi connectivity index (χ0) is 34.7. The molecule has 246 valence electrons. The molecule has 6 rings (SSSR count). The molecule has 6 nitrogen and oxygen atoms in total. The molecule has 0 saturated heterocycles. The van der Waals surface area contributed by atoms with Crippen molar-refractivity contribution in [2.45, 2.75) is 10.1 Å². The number of hydrogen-bond acceptors (Lipinski definition) is 4. The molecule has 3 N–H and O–H groups in total. The molecule has 1 atom stereocenters. The van der Waals surface area contributed by atoms with Crippen LogP contribution in [0.15, 0.2) is 174 Å². The van der Waals surface area contributed by atoms with E-state index in [1.54, 1.807) is 66.7 Å². The first-order valence-corrected chi connectivity index (χ1v) is 17.1. The van der Waals surface area contributed by atoms with Gasteiger partial charge in [0, 0.05) is 26.9 Å². The van der Waals surface area contributed by atoms with Gasteiger partial charge in [-0.05, 0) is 82.9 Å². The van der Waals surface area contributed by atoms with Crippen LogP contribution in [0.4, 0.5) is 11.4 Å². The summed E-state index contributed by atoms with van der Waals surface area (Å²) in [7, 11) is 0. The topological polar surface area (TPSA) is 87.3 Å². The molecule has 0 fully saturated rings. The highest BCUT2D eigenvalue weighted by atomic mass is 35.5. The van der Waals surface area contributed by atoms with Gasteiger partial charge < -0.3 is 16.0 Å². The third-order valence-electron chi connectivity index (χ3n) is 7.66. The van der Waals surface area contributed by atoms with Crippen molar-refractivity contribution in [1.29, 1.82) is 0 Å². The smallest absolute Gasteiger partial charge is 0.272 e. The van der Waals surface area contributed by atoms with Gasteiger partial charge >= 0.3 is 0 Å². The molecule has 1 unspecified atom stereocenters. The van der Waals surface area contributed by atoms with Crippen molar-refractivity contribution in [1.82, 2.24) is 5.32 Å². The van der Waals surface area contributed by atoms with Crippen LogP contribution >= 0.6 is 23.4 Å². The van der Waals surface area contributed by atoms with Gasteiger partial charge in [0.15, 0.2) is 0 Å². The molecule has 6 aromatic carbocycles. The molecular weight excluding hydrogens is 662 g/mol. The maximum Gasteiger partial charge on any atom is 0.272 e. The van der Waals surface area contributed by atoms with Gasteiger partial charge in [0.1, 0.15) is 10.9 Å². The van der Waals surface area contributed by atoms with Crippen molar-refractivity contribution in [3.63, 3.8) is 0 Å². The van der Waals surface area contributed by atoms with Crippen LogP contribution in [0.25, 0.3) is 17.2 Å². The standard InChI is InChI=1S/C42H32ClN3O3S/c43-34-17-10-18-36(28-34)45-42(49)39(32-13-6-2-7-14-32)50-37-25-23-35(24-26-37)44-41(48)38(46-40(47)33-15-8-3-9-16-33)27-29-19-21-31(22-20-29)30-11-4-1-5-12-30/h1-28,39H,(H,44,48)(H,45,49)(H,46,47)/b38-27-. The quantitative estimate of drug-likeness (QED) is 0.0931. The largest absolute Gasteiger partial charge is 0.325 e. The van der Waals surface area contributed by atoms with Crippen LogP contribution < -0.4 is 16.0 Å². The molecule has 0 aliphatic carbocycles. The first-order valence-electron chi connectivity index (χ1n) is 15.8. The summed E-state index contributed by atoms with van der Waals surface area (Å²) in [6.07, 6.45) is 1.65. The van der Waals surface area contributed by atoms with Gasteiger partial charge in [-0.3, -0.25) is 14.4 Å². The minimum absolute atomic E-state index is 0.0894.